The Labute approximate surface area is 187 Å². The van der Waals surface area contributed by atoms with Gasteiger partial charge in [-0.3, -0.25) is 9.69 Å². The number of amides is 1. The molecule has 1 aromatic heterocycles. The van der Waals surface area contributed by atoms with E-state index in [0.717, 1.165) is 61.7 Å². The number of morpholine rings is 1. The van der Waals surface area contributed by atoms with Crippen LogP contribution in [0.3, 0.4) is 0 Å². The number of para-hydroxylation sites is 1. The molecule has 3 aromatic rings. The van der Waals surface area contributed by atoms with E-state index in [0.29, 0.717) is 23.2 Å². The van der Waals surface area contributed by atoms with Crippen molar-refractivity contribution in [1.29, 1.82) is 0 Å². The van der Waals surface area contributed by atoms with Crippen LogP contribution in [0.25, 0.3) is 10.9 Å². The van der Waals surface area contributed by atoms with E-state index in [9.17, 15) is 9.18 Å². The topological polar surface area (TPSA) is 55.7 Å². The van der Waals surface area contributed by atoms with Crippen LogP contribution in [0.5, 0.6) is 5.75 Å². The lowest BCUT2D eigenvalue weighted by atomic mass is 10.1. The van der Waals surface area contributed by atoms with Crippen molar-refractivity contribution < 1.29 is 18.7 Å². The van der Waals surface area contributed by atoms with E-state index >= 15 is 0 Å². The zero-order valence-corrected chi connectivity index (χ0v) is 18.9. The van der Waals surface area contributed by atoms with E-state index in [4.69, 9.17) is 9.47 Å². The van der Waals surface area contributed by atoms with E-state index in [1.54, 1.807) is 0 Å². The zero-order chi connectivity index (χ0) is 22.7. The van der Waals surface area contributed by atoms with Crippen LogP contribution in [0.15, 0.2) is 36.4 Å². The number of ether oxygens (including phenoxy) is 2. The molecular formula is C25H30FN3O3. The molecular weight excluding hydrogens is 409 g/mol. The number of hydrogen-bond acceptors (Lipinski definition) is 4. The lowest BCUT2D eigenvalue weighted by Crippen LogP contribution is -2.38. The monoisotopic (exact) mass is 439 g/mol. The first-order valence-electron chi connectivity index (χ1n) is 11.1. The molecule has 6 nitrogen and oxygen atoms in total. The average Bonchev–Trinajstić information content (AvgIpc) is 3.09. The standard InChI is InChI=1S/C25H30FN3O3/c1-4-18-7-5-6-8-21(18)27-25(30)23-17(2)29(10-9-28-11-13-32-14-12-28)24-20(23)15-19(26)16-22(24)31-3/h5-8,15-16H,4,9-14H2,1-3H3,(H,27,30). The van der Waals surface area contributed by atoms with Crippen molar-refractivity contribution in [2.24, 2.45) is 0 Å². The van der Waals surface area contributed by atoms with Crippen molar-refractivity contribution in [3.8, 4) is 5.75 Å². The van der Waals surface area contributed by atoms with E-state index < -0.39 is 5.82 Å². The van der Waals surface area contributed by atoms with Gasteiger partial charge in [0.05, 0.1) is 31.4 Å². The van der Waals surface area contributed by atoms with Crippen LogP contribution in [0.4, 0.5) is 10.1 Å². The first-order chi connectivity index (χ1) is 15.5. The number of halogens is 1. The maximum atomic E-state index is 14.4. The summed E-state index contributed by atoms with van der Waals surface area (Å²) in [5, 5.41) is 3.61. The lowest BCUT2D eigenvalue weighted by molar-refractivity contribution is 0.0365. The number of carbonyl (C=O) groups excluding carboxylic acids is 1. The first-order valence-corrected chi connectivity index (χ1v) is 11.1. The van der Waals surface area contributed by atoms with Crippen LogP contribution in [0.2, 0.25) is 0 Å². The van der Waals surface area contributed by atoms with Gasteiger partial charge in [0.1, 0.15) is 11.6 Å². The summed E-state index contributed by atoms with van der Waals surface area (Å²) in [6.45, 7) is 8.66. The Balaban J connectivity index is 1.75. The second-order valence-electron chi connectivity index (χ2n) is 8.04. The van der Waals surface area contributed by atoms with E-state index in [2.05, 4.69) is 14.8 Å². The highest BCUT2D eigenvalue weighted by Gasteiger charge is 2.24. The van der Waals surface area contributed by atoms with E-state index in [-0.39, 0.29) is 5.91 Å². The van der Waals surface area contributed by atoms with Crippen molar-refractivity contribution in [3.63, 3.8) is 0 Å². The number of aryl methyl sites for hydroxylation is 1. The second-order valence-corrected chi connectivity index (χ2v) is 8.04. The van der Waals surface area contributed by atoms with Crippen LogP contribution < -0.4 is 10.1 Å². The van der Waals surface area contributed by atoms with Gasteiger partial charge in [0, 0.05) is 49.0 Å². The van der Waals surface area contributed by atoms with Crippen LogP contribution in [0, 0.1) is 12.7 Å². The Kier molecular flexibility index (Phi) is 6.77. The Morgan fingerprint density at radius 1 is 1.19 bits per heavy atom. The summed E-state index contributed by atoms with van der Waals surface area (Å²) < 4.78 is 27.5. The number of benzene rings is 2. The van der Waals surface area contributed by atoms with Gasteiger partial charge in [0.25, 0.3) is 5.91 Å². The van der Waals surface area contributed by atoms with Crippen molar-refractivity contribution >= 4 is 22.5 Å². The minimum Gasteiger partial charge on any atom is -0.494 e. The molecule has 1 aliphatic heterocycles. The highest BCUT2D eigenvalue weighted by atomic mass is 19.1. The Morgan fingerprint density at radius 3 is 2.66 bits per heavy atom. The molecule has 1 N–H and O–H groups in total. The molecule has 1 fully saturated rings. The molecule has 0 unspecified atom stereocenters. The summed E-state index contributed by atoms with van der Waals surface area (Å²) in [6.07, 6.45) is 0.805. The molecule has 1 amide bonds. The Hall–Kier alpha value is -2.90. The van der Waals surface area contributed by atoms with Crippen LogP contribution >= 0.6 is 0 Å². The Morgan fingerprint density at radius 2 is 1.94 bits per heavy atom. The van der Waals surface area contributed by atoms with Crippen molar-refractivity contribution in [2.45, 2.75) is 26.8 Å². The molecule has 0 atom stereocenters. The van der Waals surface area contributed by atoms with Gasteiger partial charge in [-0.05, 0) is 31.0 Å². The summed E-state index contributed by atoms with van der Waals surface area (Å²) >= 11 is 0. The molecule has 4 rings (SSSR count). The van der Waals surface area contributed by atoms with E-state index in [1.165, 1.54) is 19.2 Å². The van der Waals surface area contributed by atoms with Gasteiger partial charge in [-0.2, -0.15) is 0 Å². The van der Waals surface area contributed by atoms with E-state index in [1.807, 2.05) is 38.1 Å². The molecule has 0 bridgehead atoms. The van der Waals surface area contributed by atoms with Gasteiger partial charge in [0.15, 0.2) is 0 Å². The fourth-order valence-electron chi connectivity index (χ4n) is 4.46. The molecule has 0 radical (unpaired) electrons. The van der Waals surface area contributed by atoms with Crippen LogP contribution in [0.1, 0.15) is 28.5 Å². The number of aromatic nitrogens is 1. The summed E-state index contributed by atoms with van der Waals surface area (Å²) in [5.41, 5.74) is 3.85. The molecule has 1 aliphatic rings. The molecule has 0 saturated carbocycles. The molecule has 0 spiro atoms. The highest BCUT2D eigenvalue weighted by Crippen LogP contribution is 2.34. The fraction of sp³-hybridized carbons (Fsp3) is 0.400. The maximum Gasteiger partial charge on any atom is 0.258 e. The highest BCUT2D eigenvalue weighted by molar-refractivity contribution is 6.15. The van der Waals surface area contributed by atoms with Crippen molar-refractivity contribution in [2.75, 3.05) is 45.3 Å². The second kappa shape index (κ2) is 9.71. The first kappa shape index (κ1) is 22.3. The summed E-state index contributed by atoms with van der Waals surface area (Å²) in [4.78, 5) is 15.8. The predicted molar refractivity (Wildman–Crippen MR) is 124 cm³/mol. The quantitative estimate of drug-likeness (QED) is 0.598. The number of carbonyl (C=O) groups is 1. The van der Waals surface area contributed by atoms with Gasteiger partial charge in [-0.25, -0.2) is 4.39 Å². The maximum absolute atomic E-state index is 14.4. The number of rotatable bonds is 7. The molecule has 2 heterocycles. The summed E-state index contributed by atoms with van der Waals surface area (Å²) in [5.74, 6) is -0.244. The molecule has 7 heteroatoms. The van der Waals surface area contributed by atoms with Gasteiger partial charge in [-0.15, -0.1) is 0 Å². The third kappa shape index (κ3) is 4.36. The van der Waals surface area contributed by atoms with Gasteiger partial charge >= 0.3 is 0 Å². The summed E-state index contributed by atoms with van der Waals surface area (Å²) in [7, 11) is 1.53. The minimum absolute atomic E-state index is 0.244. The number of methoxy groups -OCH3 is 1. The van der Waals surface area contributed by atoms with Crippen molar-refractivity contribution in [3.05, 3.63) is 59.0 Å². The third-order valence-electron chi connectivity index (χ3n) is 6.18. The third-order valence-corrected chi connectivity index (χ3v) is 6.18. The summed E-state index contributed by atoms with van der Waals surface area (Å²) in [6, 6.07) is 10.5. The molecule has 1 saturated heterocycles. The zero-order valence-electron chi connectivity index (χ0n) is 18.9. The molecule has 0 aliphatic carbocycles. The number of anilines is 1. The lowest BCUT2D eigenvalue weighted by Gasteiger charge is -2.27. The molecule has 170 valence electrons. The number of nitrogens with zero attached hydrogens (tertiary/aromatic N) is 2. The van der Waals surface area contributed by atoms with Crippen molar-refractivity contribution in [1.82, 2.24) is 9.47 Å². The fourth-order valence-corrected chi connectivity index (χ4v) is 4.46. The van der Waals surface area contributed by atoms with Gasteiger partial charge in [-0.1, -0.05) is 25.1 Å². The molecule has 32 heavy (non-hydrogen) atoms. The van der Waals surface area contributed by atoms with Gasteiger partial charge < -0.3 is 19.4 Å². The molecule has 2 aromatic carbocycles. The Bertz CT molecular complexity index is 1120. The number of nitrogens with one attached hydrogen (secondary N) is 1. The van der Waals surface area contributed by atoms with Crippen LogP contribution in [-0.2, 0) is 17.7 Å². The number of fused-ring (bicyclic) bond motifs is 1. The van der Waals surface area contributed by atoms with Gasteiger partial charge in [0.2, 0.25) is 0 Å². The smallest absolute Gasteiger partial charge is 0.258 e. The predicted octanol–water partition coefficient (Wildman–Crippen LogP) is 4.24. The minimum atomic E-state index is -0.428. The largest absolute Gasteiger partial charge is 0.494 e. The SMILES string of the molecule is CCc1ccccc1NC(=O)c1c(C)n(CCN2CCOCC2)c2c(OC)cc(F)cc12. The normalized spacial score (nSPS) is 14.6. The van der Waals surface area contributed by atoms with Crippen LogP contribution in [-0.4, -0.2) is 55.3 Å². The average molecular weight is 440 g/mol. The number of hydrogen-bond donors (Lipinski definition) is 1.